The van der Waals surface area contributed by atoms with Gasteiger partial charge < -0.3 is 10.1 Å². The van der Waals surface area contributed by atoms with Gasteiger partial charge in [-0.2, -0.15) is 13.2 Å². The molecule has 3 aromatic rings. The number of nitrogens with one attached hydrogen (secondary N) is 1. The highest BCUT2D eigenvalue weighted by atomic mass is 32.2. The second kappa shape index (κ2) is 9.64. The number of aromatic nitrogens is 1. The van der Waals surface area contributed by atoms with E-state index in [4.69, 9.17) is 4.74 Å². The molecule has 1 atom stereocenters. The number of Topliss-reactive ketones (excluding diaryl/α,β-unsaturated/α-hetero) is 1. The van der Waals surface area contributed by atoms with Gasteiger partial charge in [-0.25, -0.2) is 9.19 Å². The SMILES string of the molecule is O=C(CNC(=O)c1cnc2c(c1)N(S(=O)c1ccc(C(F)(F)F)cc1)CCO2)c1ccccc1. The van der Waals surface area contributed by atoms with E-state index in [1.54, 1.807) is 30.3 Å². The summed E-state index contributed by atoms with van der Waals surface area (Å²) < 4.78 is 58.5. The number of ketones is 1. The van der Waals surface area contributed by atoms with Gasteiger partial charge in [0, 0.05) is 11.8 Å². The Balaban J connectivity index is 1.51. The first kappa shape index (κ1) is 23.4. The number of fused-ring (bicyclic) bond motifs is 1. The second-order valence-electron chi connectivity index (χ2n) is 7.24. The van der Waals surface area contributed by atoms with Crippen LogP contribution in [0.3, 0.4) is 0 Å². The van der Waals surface area contributed by atoms with E-state index in [0.29, 0.717) is 5.56 Å². The molecule has 0 fully saturated rings. The molecule has 0 aliphatic carbocycles. The predicted molar refractivity (Wildman–Crippen MR) is 118 cm³/mol. The van der Waals surface area contributed by atoms with E-state index in [0.717, 1.165) is 24.3 Å². The number of carbonyl (C=O) groups is 2. The molecule has 0 saturated carbocycles. The summed E-state index contributed by atoms with van der Waals surface area (Å²) in [6.45, 7) is 0.0982. The summed E-state index contributed by atoms with van der Waals surface area (Å²) in [4.78, 5) is 29.1. The van der Waals surface area contributed by atoms with Gasteiger partial charge in [0.2, 0.25) is 5.88 Å². The molecular formula is C23H18F3N3O4S. The van der Waals surface area contributed by atoms with Gasteiger partial charge in [-0.05, 0) is 30.3 Å². The zero-order chi connectivity index (χ0) is 24.3. The van der Waals surface area contributed by atoms with E-state index < -0.39 is 28.6 Å². The summed E-state index contributed by atoms with van der Waals surface area (Å²) in [6.07, 6.45) is -3.23. The van der Waals surface area contributed by atoms with E-state index in [2.05, 4.69) is 10.3 Å². The van der Waals surface area contributed by atoms with Crippen LogP contribution in [0.5, 0.6) is 5.88 Å². The minimum atomic E-state index is -4.50. The maximum atomic E-state index is 13.1. The molecular weight excluding hydrogens is 471 g/mol. The Kier molecular flexibility index (Phi) is 6.64. The topological polar surface area (TPSA) is 88.6 Å². The number of carbonyl (C=O) groups excluding carboxylic acids is 2. The van der Waals surface area contributed by atoms with E-state index in [1.165, 1.54) is 16.6 Å². The van der Waals surface area contributed by atoms with Gasteiger partial charge in [0.25, 0.3) is 5.91 Å². The van der Waals surface area contributed by atoms with Crippen LogP contribution >= 0.6 is 0 Å². The molecule has 0 saturated heterocycles. The maximum Gasteiger partial charge on any atom is 0.416 e. The van der Waals surface area contributed by atoms with Crippen molar-refractivity contribution in [3.8, 4) is 5.88 Å². The third-order valence-electron chi connectivity index (χ3n) is 4.98. The van der Waals surface area contributed by atoms with Crippen molar-refractivity contribution >= 4 is 28.4 Å². The molecule has 1 aliphatic rings. The van der Waals surface area contributed by atoms with E-state index in [9.17, 15) is 27.0 Å². The van der Waals surface area contributed by atoms with Gasteiger partial charge in [0.15, 0.2) is 16.8 Å². The maximum absolute atomic E-state index is 13.1. The first-order valence-corrected chi connectivity index (χ1v) is 11.2. The Bertz CT molecular complexity index is 1230. The van der Waals surface area contributed by atoms with Crippen LogP contribution in [0.4, 0.5) is 18.9 Å². The molecule has 2 aromatic carbocycles. The largest absolute Gasteiger partial charge is 0.474 e. The lowest BCUT2D eigenvalue weighted by atomic mass is 10.1. The smallest absolute Gasteiger partial charge is 0.416 e. The van der Waals surface area contributed by atoms with Crippen LogP contribution in [0.25, 0.3) is 0 Å². The highest BCUT2D eigenvalue weighted by Gasteiger charge is 2.31. The molecule has 11 heteroatoms. The van der Waals surface area contributed by atoms with Gasteiger partial charge in [0.1, 0.15) is 12.3 Å². The van der Waals surface area contributed by atoms with E-state index in [1.807, 2.05) is 0 Å². The number of ether oxygens (including phenoxy) is 1. The lowest BCUT2D eigenvalue weighted by Crippen LogP contribution is -2.35. The average molecular weight is 489 g/mol. The highest BCUT2D eigenvalue weighted by Crippen LogP contribution is 2.34. The molecule has 1 aromatic heterocycles. The summed E-state index contributed by atoms with van der Waals surface area (Å²) >= 11 is 0. The van der Waals surface area contributed by atoms with E-state index in [-0.39, 0.29) is 47.5 Å². The lowest BCUT2D eigenvalue weighted by molar-refractivity contribution is -0.137. The Morgan fingerprint density at radius 2 is 1.76 bits per heavy atom. The molecule has 2 heterocycles. The Morgan fingerprint density at radius 1 is 1.06 bits per heavy atom. The normalized spacial score (nSPS) is 14.0. The summed E-state index contributed by atoms with van der Waals surface area (Å²) in [6, 6.07) is 13.9. The molecule has 7 nitrogen and oxygen atoms in total. The molecule has 1 aliphatic heterocycles. The van der Waals surface area contributed by atoms with Crippen molar-refractivity contribution in [2.45, 2.75) is 11.1 Å². The van der Waals surface area contributed by atoms with Gasteiger partial charge in [-0.3, -0.25) is 13.9 Å². The third-order valence-corrected chi connectivity index (χ3v) is 6.44. The number of amides is 1. The highest BCUT2D eigenvalue weighted by molar-refractivity contribution is 7.86. The molecule has 0 radical (unpaired) electrons. The first-order valence-electron chi connectivity index (χ1n) is 10.1. The van der Waals surface area contributed by atoms with Crippen LogP contribution < -0.4 is 14.4 Å². The number of hydrogen-bond donors (Lipinski definition) is 1. The van der Waals surface area contributed by atoms with Crippen molar-refractivity contribution in [2.75, 3.05) is 24.0 Å². The summed E-state index contributed by atoms with van der Waals surface area (Å²) in [7, 11) is -1.86. The Hall–Kier alpha value is -3.73. The van der Waals surface area contributed by atoms with Crippen molar-refractivity contribution in [1.82, 2.24) is 10.3 Å². The first-order chi connectivity index (χ1) is 16.2. The standard InChI is InChI=1S/C23H18F3N3O4S/c24-23(25,26)17-6-8-18(9-7-17)34(32)29-10-11-33-22-19(29)12-16(13-28-22)21(31)27-14-20(30)15-4-2-1-3-5-15/h1-9,12-13H,10-11,14H2,(H,27,31). The molecule has 4 rings (SSSR count). The second-order valence-corrected chi connectivity index (χ2v) is 8.65. The van der Waals surface area contributed by atoms with Gasteiger partial charge in [-0.15, -0.1) is 0 Å². The molecule has 176 valence electrons. The fourth-order valence-corrected chi connectivity index (χ4v) is 4.42. The summed E-state index contributed by atoms with van der Waals surface area (Å²) in [5, 5.41) is 2.53. The molecule has 34 heavy (non-hydrogen) atoms. The third kappa shape index (κ3) is 5.09. The number of pyridine rings is 1. The summed E-state index contributed by atoms with van der Waals surface area (Å²) in [5.41, 5.74) is -0.0229. The van der Waals surface area contributed by atoms with Crippen molar-refractivity contribution in [3.05, 3.63) is 83.6 Å². The summed E-state index contributed by atoms with van der Waals surface area (Å²) in [5.74, 6) is -0.693. The number of benzene rings is 2. The zero-order valence-corrected chi connectivity index (χ0v) is 18.4. The van der Waals surface area contributed by atoms with Crippen molar-refractivity contribution in [2.24, 2.45) is 0 Å². The van der Waals surface area contributed by atoms with Gasteiger partial charge in [-0.1, -0.05) is 30.3 Å². The van der Waals surface area contributed by atoms with Crippen LogP contribution in [0.2, 0.25) is 0 Å². The molecule has 1 N–H and O–H groups in total. The van der Waals surface area contributed by atoms with Crippen LogP contribution in [0, 0.1) is 0 Å². The zero-order valence-electron chi connectivity index (χ0n) is 17.5. The minimum absolute atomic E-state index is 0.111. The molecule has 1 amide bonds. The van der Waals surface area contributed by atoms with Crippen molar-refractivity contribution < 1.29 is 31.7 Å². The fourth-order valence-electron chi connectivity index (χ4n) is 3.25. The molecule has 0 spiro atoms. The fraction of sp³-hybridized carbons (Fsp3) is 0.174. The lowest BCUT2D eigenvalue weighted by Gasteiger charge is -2.29. The van der Waals surface area contributed by atoms with Crippen LogP contribution in [0.1, 0.15) is 26.3 Å². The molecule has 1 unspecified atom stereocenters. The van der Waals surface area contributed by atoms with E-state index >= 15 is 0 Å². The van der Waals surface area contributed by atoms with Crippen LogP contribution in [-0.2, 0) is 17.2 Å². The van der Waals surface area contributed by atoms with Gasteiger partial charge >= 0.3 is 6.18 Å². The minimum Gasteiger partial charge on any atom is -0.474 e. The number of hydrogen-bond acceptors (Lipinski definition) is 5. The predicted octanol–water partition coefficient (Wildman–Crippen LogP) is 3.63. The number of nitrogens with zero attached hydrogens (tertiary/aromatic N) is 2. The Labute approximate surface area is 195 Å². The molecule has 0 bridgehead atoms. The Morgan fingerprint density at radius 3 is 2.44 bits per heavy atom. The van der Waals surface area contributed by atoms with Crippen LogP contribution in [0.15, 0.2) is 71.8 Å². The number of anilines is 1. The van der Waals surface area contributed by atoms with Crippen molar-refractivity contribution in [1.29, 1.82) is 0 Å². The van der Waals surface area contributed by atoms with Gasteiger partial charge in [0.05, 0.1) is 29.1 Å². The number of rotatable bonds is 6. The number of alkyl halides is 3. The van der Waals surface area contributed by atoms with Crippen molar-refractivity contribution in [3.63, 3.8) is 0 Å². The monoisotopic (exact) mass is 489 g/mol. The quantitative estimate of drug-likeness (QED) is 0.535. The van der Waals surface area contributed by atoms with Crippen LogP contribution in [-0.4, -0.2) is 40.6 Å². The average Bonchev–Trinajstić information content (AvgIpc) is 2.86. The number of halogens is 3.